The van der Waals surface area contributed by atoms with Gasteiger partial charge in [0.05, 0.1) is 6.42 Å². The lowest BCUT2D eigenvalue weighted by Gasteiger charge is -2.18. The molecule has 0 fully saturated rings. The molecule has 1 aromatic heterocycles. The Morgan fingerprint density at radius 1 is 0.917 bits per heavy atom. The van der Waals surface area contributed by atoms with E-state index < -0.39 is 6.11 Å². The fourth-order valence-electron chi connectivity index (χ4n) is 2.64. The Kier molecular flexibility index (Phi) is 7.70. The molecule has 0 radical (unpaired) electrons. The Hall–Kier alpha value is -1.42. The van der Waals surface area contributed by atoms with E-state index >= 15 is 0 Å². The van der Waals surface area contributed by atoms with E-state index in [1.54, 1.807) is 23.5 Å². The van der Waals surface area contributed by atoms with Gasteiger partial charge in [-0.25, -0.2) is 0 Å². The van der Waals surface area contributed by atoms with Gasteiger partial charge in [-0.3, -0.25) is 0 Å². The Morgan fingerprint density at radius 2 is 1.58 bits per heavy atom. The molecule has 0 saturated heterocycles. The summed E-state index contributed by atoms with van der Waals surface area (Å²) in [5, 5.41) is 2.00. The second-order valence-electron chi connectivity index (χ2n) is 6.11. The molecule has 2 rings (SSSR count). The summed E-state index contributed by atoms with van der Waals surface area (Å²) in [5.74, 6) is 0.225. The molecule has 0 atom stereocenters. The monoisotopic (exact) mass is 352 g/mol. The van der Waals surface area contributed by atoms with Gasteiger partial charge in [0.25, 0.3) is 0 Å². The molecule has 0 N–H and O–H groups in total. The van der Waals surface area contributed by atoms with Gasteiger partial charge in [-0.05, 0) is 47.7 Å². The first-order valence-electron chi connectivity index (χ1n) is 8.81. The Morgan fingerprint density at radius 3 is 2.21 bits per heavy atom. The van der Waals surface area contributed by atoms with Crippen LogP contribution in [0, 0.1) is 0 Å². The average molecular weight is 352 g/mol. The summed E-state index contributed by atoms with van der Waals surface area (Å²) in [4.78, 5) is 1.12. The minimum absolute atomic E-state index is 0.215. The second-order valence-corrected chi connectivity index (χ2v) is 7.06. The van der Waals surface area contributed by atoms with Crippen LogP contribution in [0.5, 0.6) is 5.75 Å². The summed E-state index contributed by atoms with van der Waals surface area (Å²) < 4.78 is 32.7. The SMILES string of the molecule is CCCCCCCCCC(F)(F)Oc1ccc(-c2cccs2)cc1. The summed E-state index contributed by atoms with van der Waals surface area (Å²) in [6, 6.07) is 10.9. The summed E-state index contributed by atoms with van der Waals surface area (Å²) in [6.45, 7) is 2.17. The lowest BCUT2D eigenvalue weighted by atomic mass is 10.1. The van der Waals surface area contributed by atoms with Gasteiger partial charge in [0.1, 0.15) is 5.75 Å². The third kappa shape index (κ3) is 6.60. The molecule has 24 heavy (non-hydrogen) atoms. The van der Waals surface area contributed by atoms with Crippen molar-refractivity contribution in [1.82, 2.24) is 0 Å². The number of ether oxygens (including phenoxy) is 1. The Bertz CT molecular complexity index is 564. The van der Waals surface area contributed by atoms with E-state index in [9.17, 15) is 8.78 Å². The van der Waals surface area contributed by atoms with Crippen LogP contribution in [0.2, 0.25) is 0 Å². The number of rotatable bonds is 11. The largest absolute Gasteiger partial charge is 0.433 e. The van der Waals surface area contributed by atoms with Crippen LogP contribution >= 0.6 is 11.3 Å². The topological polar surface area (TPSA) is 9.23 Å². The minimum Gasteiger partial charge on any atom is -0.433 e. The minimum atomic E-state index is -3.09. The summed E-state index contributed by atoms with van der Waals surface area (Å²) in [7, 11) is 0. The van der Waals surface area contributed by atoms with E-state index in [1.807, 2.05) is 29.6 Å². The fraction of sp³-hybridized carbons (Fsp3) is 0.500. The zero-order chi connectivity index (χ0) is 17.3. The van der Waals surface area contributed by atoms with Crippen LogP contribution in [0.25, 0.3) is 10.4 Å². The van der Waals surface area contributed by atoms with Crippen LogP contribution in [-0.4, -0.2) is 6.11 Å². The van der Waals surface area contributed by atoms with Gasteiger partial charge in [-0.15, -0.1) is 11.3 Å². The van der Waals surface area contributed by atoms with Crippen molar-refractivity contribution >= 4 is 11.3 Å². The first kappa shape index (κ1) is 18.9. The van der Waals surface area contributed by atoms with Crippen LogP contribution in [0.4, 0.5) is 8.78 Å². The second kappa shape index (κ2) is 9.77. The van der Waals surface area contributed by atoms with Crippen molar-refractivity contribution in [2.75, 3.05) is 0 Å². The highest BCUT2D eigenvalue weighted by Crippen LogP contribution is 2.30. The van der Waals surface area contributed by atoms with E-state index in [0.29, 0.717) is 6.42 Å². The smallest absolute Gasteiger partial charge is 0.397 e. The highest BCUT2D eigenvalue weighted by molar-refractivity contribution is 7.13. The standard InChI is InChI=1S/C20H26F2OS/c1-2-3-4-5-6-7-8-15-20(21,22)23-18-13-11-17(12-14-18)19-10-9-16-24-19/h9-14,16H,2-8,15H2,1H3. The number of unbranched alkanes of at least 4 members (excludes halogenated alkanes) is 6. The van der Waals surface area contributed by atoms with E-state index in [0.717, 1.165) is 29.7 Å². The Labute approximate surface area is 147 Å². The molecule has 0 aliphatic carbocycles. The molecule has 0 bridgehead atoms. The molecular formula is C20H26F2OS. The number of hydrogen-bond acceptors (Lipinski definition) is 2. The molecule has 4 heteroatoms. The van der Waals surface area contributed by atoms with Gasteiger partial charge in [0, 0.05) is 4.88 Å². The van der Waals surface area contributed by atoms with Gasteiger partial charge in [0.2, 0.25) is 0 Å². The molecule has 0 amide bonds. The molecule has 1 nitrogen and oxygen atoms in total. The third-order valence-electron chi connectivity index (χ3n) is 4.00. The van der Waals surface area contributed by atoms with E-state index in [4.69, 9.17) is 4.74 Å². The predicted molar refractivity (Wildman–Crippen MR) is 97.9 cm³/mol. The van der Waals surface area contributed by atoms with Crippen LogP contribution < -0.4 is 4.74 Å². The number of alkyl halides is 2. The quantitative estimate of drug-likeness (QED) is 0.380. The third-order valence-corrected chi connectivity index (χ3v) is 4.92. The molecule has 1 heterocycles. The molecule has 0 unspecified atom stereocenters. The molecule has 2 aromatic rings. The maximum absolute atomic E-state index is 13.9. The normalized spacial score (nSPS) is 11.6. The van der Waals surface area contributed by atoms with Gasteiger partial charge < -0.3 is 4.74 Å². The van der Waals surface area contributed by atoms with E-state index in [2.05, 4.69) is 6.92 Å². The van der Waals surface area contributed by atoms with Crippen LogP contribution in [0.1, 0.15) is 58.3 Å². The average Bonchev–Trinajstić information content (AvgIpc) is 3.09. The molecule has 0 saturated carbocycles. The molecule has 0 spiro atoms. The first-order valence-corrected chi connectivity index (χ1v) is 9.69. The van der Waals surface area contributed by atoms with Gasteiger partial charge in [-0.2, -0.15) is 8.78 Å². The lowest BCUT2D eigenvalue weighted by Crippen LogP contribution is -2.24. The summed E-state index contributed by atoms with van der Waals surface area (Å²) in [6.07, 6.45) is 3.88. The zero-order valence-electron chi connectivity index (χ0n) is 14.3. The number of benzene rings is 1. The van der Waals surface area contributed by atoms with Crippen molar-refractivity contribution < 1.29 is 13.5 Å². The summed E-state index contributed by atoms with van der Waals surface area (Å²) >= 11 is 1.63. The molecule has 0 aliphatic heterocycles. The fourth-order valence-corrected chi connectivity index (χ4v) is 3.37. The number of hydrogen-bond donors (Lipinski definition) is 0. The Balaban J connectivity index is 1.73. The maximum atomic E-state index is 13.9. The van der Waals surface area contributed by atoms with Crippen LogP contribution in [0.15, 0.2) is 41.8 Å². The zero-order valence-corrected chi connectivity index (χ0v) is 15.1. The van der Waals surface area contributed by atoms with Gasteiger partial charge in [0.15, 0.2) is 0 Å². The molecular weight excluding hydrogens is 326 g/mol. The highest BCUT2D eigenvalue weighted by atomic mass is 32.1. The van der Waals surface area contributed by atoms with Crippen molar-refractivity contribution in [1.29, 1.82) is 0 Å². The van der Waals surface area contributed by atoms with Gasteiger partial charge >= 0.3 is 6.11 Å². The van der Waals surface area contributed by atoms with Crippen molar-refractivity contribution in [2.45, 2.75) is 64.4 Å². The highest BCUT2D eigenvalue weighted by Gasteiger charge is 2.30. The first-order chi connectivity index (χ1) is 11.6. The van der Waals surface area contributed by atoms with E-state index in [1.165, 1.54) is 19.3 Å². The molecule has 0 aliphatic rings. The number of thiophene rings is 1. The number of halogens is 2. The maximum Gasteiger partial charge on any atom is 0.397 e. The van der Waals surface area contributed by atoms with Crippen molar-refractivity contribution in [2.24, 2.45) is 0 Å². The van der Waals surface area contributed by atoms with Crippen molar-refractivity contribution in [3.05, 3.63) is 41.8 Å². The molecule has 1 aromatic carbocycles. The van der Waals surface area contributed by atoms with Crippen LogP contribution in [0.3, 0.4) is 0 Å². The lowest BCUT2D eigenvalue weighted by molar-refractivity contribution is -0.181. The van der Waals surface area contributed by atoms with E-state index in [-0.39, 0.29) is 12.2 Å². The van der Waals surface area contributed by atoms with Crippen molar-refractivity contribution in [3.8, 4) is 16.2 Å². The van der Waals surface area contributed by atoms with Gasteiger partial charge in [-0.1, -0.05) is 51.5 Å². The van der Waals surface area contributed by atoms with Crippen molar-refractivity contribution in [3.63, 3.8) is 0 Å². The predicted octanol–water partition coefficient (Wildman–Crippen LogP) is 7.53. The summed E-state index contributed by atoms with van der Waals surface area (Å²) in [5.41, 5.74) is 1.02. The van der Waals surface area contributed by atoms with Crippen LogP contribution in [-0.2, 0) is 0 Å². The molecule has 132 valence electrons.